The topological polar surface area (TPSA) is 58.6 Å². The predicted molar refractivity (Wildman–Crippen MR) is 92.4 cm³/mol. The highest BCUT2D eigenvalue weighted by Gasteiger charge is 2.17. The summed E-state index contributed by atoms with van der Waals surface area (Å²) in [6, 6.07) is 12.0. The summed E-state index contributed by atoms with van der Waals surface area (Å²) in [5.41, 5.74) is 0.624. The van der Waals surface area contributed by atoms with Crippen LogP contribution in [0.1, 0.15) is 15.9 Å². The van der Waals surface area contributed by atoms with Gasteiger partial charge < -0.3 is 15.0 Å². The number of halogens is 2. The molecule has 138 valence electrons. The fourth-order valence-corrected chi connectivity index (χ4v) is 2.33. The lowest BCUT2D eigenvalue weighted by Crippen LogP contribution is -2.41. The smallest absolute Gasteiger partial charge is 0.254 e. The van der Waals surface area contributed by atoms with Gasteiger partial charge in [0.15, 0.2) is 0 Å². The van der Waals surface area contributed by atoms with E-state index in [1.807, 2.05) is 30.3 Å². The Morgan fingerprint density at radius 1 is 1.12 bits per heavy atom. The van der Waals surface area contributed by atoms with E-state index in [2.05, 4.69) is 5.32 Å². The Labute approximate surface area is 150 Å². The molecular weight excluding hydrogens is 342 g/mol. The van der Waals surface area contributed by atoms with Crippen LogP contribution in [0.2, 0.25) is 0 Å². The van der Waals surface area contributed by atoms with Gasteiger partial charge in [0.05, 0.1) is 18.7 Å². The van der Waals surface area contributed by atoms with Crippen molar-refractivity contribution >= 4 is 11.8 Å². The molecule has 0 aliphatic heterocycles. The van der Waals surface area contributed by atoms with Crippen LogP contribution in [0.5, 0.6) is 0 Å². The average Bonchev–Trinajstić information content (AvgIpc) is 2.63. The van der Waals surface area contributed by atoms with Crippen molar-refractivity contribution in [1.82, 2.24) is 10.2 Å². The van der Waals surface area contributed by atoms with E-state index < -0.39 is 17.5 Å². The Morgan fingerprint density at radius 2 is 1.85 bits per heavy atom. The van der Waals surface area contributed by atoms with Crippen LogP contribution in [0.15, 0.2) is 48.5 Å². The number of hydrogen-bond acceptors (Lipinski definition) is 3. The van der Waals surface area contributed by atoms with Crippen molar-refractivity contribution in [3.8, 4) is 0 Å². The Kier molecular flexibility index (Phi) is 7.23. The molecule has 0 bridgehead atoms. The van der Waals surface area contributed by atoms with Gasteiger partial charge in [-0.1, -0.05) is 30.3 Å². The van der Waals surface area contributed by atoms with Crippen molar-refractivity contribution in [1.29, 1.82) is 0 Å². The number of ether oxygens (including phenoxy) is 1. The molecule has 2 amide bonds. The van der Waals surface area contributed by atoms with E-state index in [0.29, 0.717) is 25.8 Å². The van der Waals surface area contributed by atoms with Crippen molar-refractivity contribution < 1.29 is 23.1 Å². The molecule has 0 aliphatic rings. The zero-order valence-corrected chi connectivity index (χ0v) is 14.4. The van der Waals surface area contributed by atoms with E-state index in [1.54, 1.807) is 4.90 Å². The summed E-state index contributed by atoms with van der Waals surface area (Å²) < 4.78 is 31.6. The molecule has 0 unspecified atom stereocenters. The first kappa shape index (κ1) is 19.5. The van der Waals surface area contributed by atoms with Crippen LogP contribution in [-0.4, -0.2) is 43.5 Å². The van der Waals surface area contributed by atoms with Gasteiger partial charge in [0.1, 0.15) is 11.6 Å². The van der Waals surface area contributed by atoms with E-state index in [0.717, 1.165) is 17.7 Å². The minimum absolute atomic E-state index is 0.299. The summed E-state index contributed by atoms with van der Waals surface area (Å²) in [5, 5.41) is 2.37. The third-order valence-electron chi connectivity index (χ3n) is 3.71. The fourth-order valence-electron chi connectivity index (χ4n) is 2.33. The molecule has 0 spiro atoms. The maximum Gasteiger partial charge on any atom is 0.254 e. The monoisotopic (exact) mass is 362 g/mol. The van der Waals surface area contributed by atoms with Crippen LogP contribution >= 0.6 is 0 Å². The number of nitrogens with zero attached hydrogens (tertiary/aromatic N) is 1. The summed E-state index contributed by atoms with van der Waals surface area (Å²) in [5.74, 6) is -2.86. The first-order chi connectivity index (χ1) is 12.5. The quantitative estimate of drug-likeness (QED) is 0.784. The highest BCUT2D eigenvalue weighted by atomic mass is 19.1. The molecule has 5 nitrogen and oxygen atoms in total. The van der Waals surface area contributed by atoms with Crippen LogP contribution in [0, 0.1) is 11.6 Å². The summed E-state index contributed by atoms with van der Waals surface area (Å²) >= 11 is 0. The summed E-state index contributed by atoms with van der Waals surface area (Å²) in [7, 11) is 1.53. The molecule has 0 fully saturated rings. The average molecular weight is 362 g/mol. The Balaban J connectivity index is 1.98. The molecule has 26 heavy (non-hydrogen) atoms. The highest BCUT2D eigenvalue weighted by molar-refractivity contribution is 5.96. The fraction of sp³-hybridized carbons (Fsp3) is 0.263. The standard InChI is InChI=1S/C19H20F2N2O3/c1-26-10-9-23(13-14-5-3-2-4-6-14)18(24)12-22-19(25)16-8-7-15(20)11-17(16)21/h2-8,11H,9-10,12-13H2,1H3,(H,22,25). The number of amides is 2. The Hall–Kier alpha value is -2.80. The normalized spacial score (nSPS) is 10.4. The summed E-state index contributed by atoms with van der Waals surface area (Å²) in [4.78, 5) is 26.0. The van der Waals surface area contributed by atoms with Gasteiger partial charge >= 0.3 is 0 Å². The van der Waals surface area contributed by atoms with Gasteiger partial charge in [0, 0.05) is 26.3 Å². The molecule has 2 aromatic carbocycles. The van der Waals surface area contributed by atoms with Crippen molar-refractivity contribution in [2.24, 2.45) is 0 Å². The zero-order chi connectivity index (χ0) is 18.9. The van der Waals surface area contributed by atoms with Crippen molar-refractivity contribution in [2.45, 2.75) is 6.54 Å². The zero-order valence-electron chi connectivity index (χ0n) is 14.4. The van der Waals surface area contributed by atoms with E-state index in [9.17, 15) is 18.4 Å². The van der Waals surface area contributed by atoms with Crippen LogP contribution < -0.4 is 5.32 Å². The van der Waals surface area contributed by atoms with Gasteiger partial charge in [-0.2, -0.15) is 0 Å². The predicted octanol–water partition coefficient (Wildman–Crippen LogP) is 2.37. The van der Waals surface area contributed by atoms with Crippen LogP contribution in [-0.2, 0) is 16.1 Å². The summed E-state index contributed by atoms with van der Waals surface area (Å²) in [6.07, 6.45) is 0. The minimum atomic E-state index is -0.976. The maximum atomic E-state index is 13.6. The number of methoxy groups -OCH3 is 1. The van der Waals surface area contributed by atoms with Gasteiger partial charge in [-0.15, -0.1) is 0 Å². The third kappa shape index (κ3) is 5.63. The first-order valence-corrected chi connectivity index (χ1v) is 8.05. The van der Waals surface area contributed by atoms with Crippen molar-refractivity contribution in [2.75, 3.05) is 26.8 Å². The highest BCUT2D eigenvalue weighted by Crippen LogP contribution is 2.09. The number of hydrogen-bond donors (Lipinski definition) is 1. The number of rotatable bonds is 8. The van der Waals surface area contributed by atoms with E-state index in [-0.39, 0.29) is 18.0 Å². The van der Waals surface area contributed by atoms with E-state index in [1.165, 1.54) is 7.11 Å². The summed E-state index contributed by atoms with van der Waals surface area (Å²) in [6.45, 7) is 0.764. The van der Waals surface area contributed by atoms with E-state index >= 15 is 0 Å². The molecule has 1 N–H and O–H groups in total. The third-order valence-corrected chi connectivity index (χ3v) is 3.71. The largest absolute Gasteiger partial charge is 0.383 e. The van der Waals surface area contributed by atoms with Gasteiger partial charge in [-0.3, -0.25) is 9.59 Å². The molecule has 2 aromatic rings. The Morgan fingerprint density at radius 3 is 2.50 bits per heavy atom. The van der Waals surface area contributed by atoms with Gasteiger partial charge in [-0.05, 0) is 17.7 Å². The van der Waals surface area contributed by atoms with Crippen molar-refractivity contribution in [3.63, 3.8) is 0 Å². The SMILES string of the molecule is COCCN(Cc1ccccc1)C(=O)CNC(=O)c1ccc(F)cc1F. The molecule has 2 rings (SSSR count). The van der Waals surface area contributed by atoms with Crippen LogP contribution in [0.25, 0.3) is 0 Å². The molecule has 0 atom stereocenters. The number of nitrogens with one attached hydrogen (secondary N) is 1. The number of carbonyl (C=O) groups is 2. The maximum absolute atomic E-state index is 13.6. The Bertz CT molecular complexity index is 754. The molecule has 0 aliphatic carbocycles. The molecule has 0 heterocycles. The molecule has 0 radical (unpaired) electrons. The second kappa shape index (κ2) is 9.62. The van der Waals surface area contributed by atoms with Crippen LogP contribution in [0.4, 0.5) is 8.78 Å². The van der Waals surface area contributed by atoms with Crippen molar-refractivity contribution in [3.05, 3.63) is 71.3 Å². The lowest BCUT2D eigenvalue weighted by atomic mass is 10.2. The molecule has 0 aromatic heterocycles. The number of carbonyl (C=O) groups excluding carboxylic acids is 2. The molecule has 0 saturated carbocycles. The molecule has 0 saturated heterocycles. The molecule has 7 heteroatoms. The van der Waals surface area contributed by atoms with Gasteiger partial charge in [-0.25, -0.2) is 8.78 Å². The van der Waals surface area contributed by atoms with E-state index in [4.69, 9.17) is 4.74 Å². The number of benzene rings is 2. The first-order valence-electron chi connectivity index (χ1n) is 8.05. The lowest BCUT2D eigenvalue weighted by Gasteiger charge is -2.23. The van der Waals surface area contributed by atoms with Gasteiger partial charge in [0.25, 0.3) is 5.91 Å². The second-order valence-electron chi connectivity index (χ2n) is 5.60. The lowest BCUT2D eigenvalue weighted by molar-refractivity contribution is -0.131. The van der Waals surface area contributed by atoms with Crippen LogP contribution in [0.3, 0.4) is 0 Å². The second-order valence-corrected chi connectivity index (χ2v) is 5.60. The van der Waals surface area contributed by atoms with Gasteiger partial charge in [0.2, 0.25) is 5.91 Å². The molecular formula is C19H20F2N2O3. The minimum Gasteiger partial charge on any atom is -0.383 e.